The third kappa shape index (κ3) is 4.27. The lowest BCUT2D eigenvalue weighted by Crippen LogP contribution is -2.47. The number of aromatic nitrogens is 4. The Bertz CT molecular complexity index is 1490. The van der Waals surface area contributed by atoms with Gasteiger partial charge in [0.2, 0.25) is 5.95 Å². The van der Waals surface area contributed by atoms with Crippen molar-refractivity contribution < 1.29 is 27.1 Å². The van der Waals surface area contributed by atoms with E-state index >= 15 is 0 Å². The zero-order valence-corrected chi connectivity index (χ0v) is 20.8. The summed E-state index contributed by atoms with van der Waals surface area (Å²) in [5.74, 6) is -4.99. The highest BCUT2D eigenvalue weighted by molar-refractivity contribution is 5.91. The smallest absolute Gasteiger partial charge is 0.419 e. The summed E-state index contributed by atoms with van der Waals surface area (Å²) >= 11 is 0. The molecule has 200 valence electrons. The molecule has 0 bridgehead atoms. The fraction of sp³-hybridized carbons (Fsp3) is 0.346. The Labute approximate surface area is 215 Å². The molecule has 0 radical (unpaired) electrons. The summed E-state index contributed by atoms with van der Waals surface area (Å²) in [5, 5.41) is 14.0. The van der Waals surface area contributed by atoms with Gasteiger partial charge in [-0.1, -0.05) is 18.2 Å². The van der Waals surface area contributed by atoms with Crippen LogP contribution in [-0.4, -0.2) is 50.5 Å². The van der Waals surface area contributed by atoms with Gasteiger partial charge >= 0.3 is 6.18 Å². The number of hydrogen-bond donors (Lipinski definition) is 1. The van der Waals surface area contributed by atoms with Crippen molar-refractivity contribution in [1.29, 1.82) is 0 Å². The predicted molar refractivity (Wildman–Crippen MR) is 133 cm³/mol. The van der Waals surface area contributed by atoms with Crippen LogP contribution in [0, 0.1) is 11.6 Å². The predicted octanol–water partition coefficient (Wildman–Crippen LogP) is 5.53. The van der Waals surface area contributed by atoms with Gasteiger partial charge in [-0.3, -0.25) is 0 Å². The summed E-state index contributed by atoms with van der Waals surface area (Å²) in [7, 11) is 3.37. The largest absolute Gasteiger partial charge is 0.503 e. The summed E-state index contributed by atoms with van der Waals surface area (Å²) < 4.78 is 70.0. The van der Waals surface area contributed by atoms with E-state index in [9.17, 15) is 27.1 Å². The number of phenolic OH excluding ortho intramolecular Hbond substituents is 1. The summed E-state index contributed by atoms with van der Waals surface area (Å²) in [5.41, 5.74) is -1.37. The molecule has 0 saturated carbocycles. The van der Waals surface area contributed by atoms with Crippen LogP contribution < -0.4 is 9.80 Å². The first-order valence-corrected chi connectivity index (χ1v) is 12.0. The van der Waals surface area contributed by atoms with E-state index in [0.29, 0.717) is 12.0 Å². The van der Waals surface area contributed by atoms with Crippen molar-refractivity contribution in [3.8, 4) is 17.0 Å². The number of para-hydroxylation sites is 1. The summed E-state index contributed by atoms with van der Waals surface area (Å²) in [6, 6.07) is 10.6. The second-order valence-corrected chi connectivity index (χ2v) is 9.42. The molecule has 7 nitrogen and oxygen atoms in total. The van der Waals surface area contributed by atoms with E-state index in [4.69, 9.17) is 0 Å². The van der Waals surface area contributed by atoms with Crippen molar-refractivity contribution in [1.82, 2.24) is 19.7 Å². The van der Waals surface area contributed by atoms with Crippen molar-refractivity contribution in [3.05, 3.63) is 59.8 Å². The molecule has 3 heterocycles. The average molecular weight is 533 g/mol. The van der Waals surface area contributed by atoms with E-state index in [2.05, 4.69) is 39.0 Å². The summed E-state index contributed by atoms with van der Waals surface area (Å²) in [6.07, 6.45) is -1.78. The Morgan fingerprint density at radius 1 is 1.13 bits per heavy atom. The third-order valence-corrected chi connectivity index (χ3v) is 7.18. The van der Waals surface area contributed by atoms with Crippen molar-refractivity contribution in [2.75, 3.05) is 23.4 Å². The van der Waals surface area contributed by atoms with Crippen LogP contribution >= 0.6 is 0 Å². The molecule has 1 saturated heterocycles. The van der Waals surface area contributed by atoms with Crippen LogP contribution in [0.4, 0.5) is 33.6 Å². The molecule has 38 heavy (non-hydrogen) atoms. The number of anilines is 2. The number of benzene rings is 2. The molecule has 1 N–H and O–H groups in total. The van der Waals surface area contributed by atoms with Crippen molar-refractivity contribution in [3.63, 3.8) is 0 Å². The van der Waals surface area contributed by atoms with Crippen LogP contribution in [0.2, 0.25) is 0 Å². The summed E-state index contributed by atoms with van der Waals surface area (Å²) in [6.45, 7) is 3.00. The molecule has 5 rings (SSSR count). The molecule has 2 aromatic heterocycles. The number of likely N-dealkylation sites (N-methyl/N-ethyl adjacent to an activating group) is 1. The number of phenols is 1. The monoisotopic (exact) mass is 532 g/mol. The topological polar surface area (TPSA) is 70.3 Å². The fourth-order valence-electron chi connectivity index (χ4n) is 5.07. The van der Waals surface area contributed by atoms with E-state index in [1.807, 2.05) is 30.1 Å². The molecule has 2 aromatic carbocycles. The third-order valence-electron chi connectivity index (χ3n) is 7.18. The number of hydrogen-bond acceptors (Lipinski definition) is 6. The standard InChI is InChI=1S/C26H25F5N6O/c1-14(19-10-7-11-37(19)15-8-5-4-6-9-15)35(2)25-32-13-17-22(34-36(3)24(17)33-25)16-12-18(26(29,30)31)21(28)23(38)20(16)27/h4-6,8-9,12-14,19,38H,7,10-11H2,1-3H3/t14-,19-/m1/s1. The van der Waals surface area contributed by atoms with Crippen LogP contribution in [0.5, 0.6) is 5.75 Å². The molecule has 2 atom stereocenters. The summed E-state index contributed by atoms with van der Waals surface area (Å²) in [4.78, 5) is 13.2. The molecule has 1 fully saturated rings. The SMILES string of the molecule is C[C@H]([C@H]1CCCN1c1ccccc1)N(C)c1ncc2c(-c3cc(C(F)(F)F)c(F)c(O)c3F)nn(C)c2n1. The van der Waals surface area contributed by atoms with E-state index in [1.165, 1.54) is 17.9 Å². The lowest BCUT2D eigenvalue weighted by Gasteiger charge is -2.36. The Kier molecular flexibility index (Phi) is 6.36. The molecule has 0 spiro atoms. The van der Waals surface area contributed by atoms with E-state index in [1.54, 1.807) is 0 Å². The van der Waals surface area contributed by atoms with Gasteiger partial charge < -0.3 is 14.9 Å². The number of alkyl halides is 3. The Balaban J connectivity index is 1.51. The molecule has 0 unspecified atom stereocenters. The normalized spacial score (nSPS) is 16.8. The maximum absolute atomic E-state index is 14.8. The van der Waals surface area contributed by atoms with Gasteiger partial charge in [-0.15, -0.1) is 0 Å². The van der Waals surface area contributed by atoms with Crippen LogP contribution in [0.1, 0.15) is 25.3 Å². The van der Waals surface area contributed by atoms with Crippen LogP contribution in [0.15, 0.2) is 42.6 Å². The lowest BCUT2D eigenvalue weighted by atomic mass is 10.0. The second-order valence-electron chi connectivity index (χ2n) is 9.42. The number of aromatic hydroxyl groups is 1. The maximum Gasteiger partial charge on any atom is 0.419 e. The molecule has 0 amide bonds. The minimum atomic E-state index is -5.15. The van der Waals surface area contributed by atoms with Crippen molar-refractivity contribution >= 4 is 22.7 Å². The fourth-order valence-corrected chi connectivity index (χ4v) is 5.07. The lowest BCUT2D eigenvalue weighted by molar-refractivity contribution is -0.140. The number of halogens is 5. The van der Waals surface area contributed by atoms with Gasteiger partial charge in [-0.25, -0.2) is 18.4 Å². The zero-order chi connectivity index (χ0) is 27.4. The van der Waals surface area contributed by atoms with E-state index in [0.717, 1.165) is 25.1 Å². The Morgan fingerprint density at radius 3 is 2.53 bits per heavy atom. The van der Waals surface area contributed by atoms with Gasteiger partial charge in [0, 0.05) is 50.2 Å². The average Bonchev–Trinajstić information content (AvgIpc) is 3.51. The maximum atomic E-state index is 14.8. The van der Waals surface area contributed by atoms with Gasteiger partial charge in [0.1, 0.15) is 5.69 Å². The molecule has 1 aliphatic rings. The van der Waals surface area contributed by atoms with Gasteiger partial charge in [0.15, 0.2) is 23.0 Å². The number of nitrogens with zero attached hydrogens (tertiary/aromatic N) is 6. The molecule has 12 heteroatoms. The van der Waals surface area contributed by atoms with Crippen LogP contribution in [-0.2, 0) is 13.2 Å². The molecule has 0 aliphatic carbocycles. The minimum Gasteiger partial charge on any atom is -0.503 e. The van der Waals surface area contributed by atoms with Gasteiger partial charge in [-0.05, 0) is 38.0 Å². The van der Waals surface area contributed by atoms with Crippen LogP contribution in [0.3, 0.4) is 0 Å². The number of aryl methyl sites for hydroxylation is 1. The Hall–Kier alpha value is -3.96. The first kappa shape index (κ1) is 25.7. The van der Waals surface area contributed by atoms with Crippen LogP contribution in [0.25, 0.3) is 22.3 Å². The minimum absolute atomic E-state index is 0.00341. The van der Waals surface area contributed by atoms with Gasteiger partial charge in [0.25, 0.3) is 0 Å². The van der Waals surface area contributed by atoms with E-state index < -0.39 is 34.7 Å². The van der Waals surface area contributed by atoms with Gasteiger partial charge in [-0.2, -0.15) is 23.3 Å². The first-order chi connectivity index (χ1) is 18.0. The highest BCUT2D eigenvalue weighted by atomic mass is 19.4. The first-order valence-electron chi connectivity index (χ1n) is 12.0. The number of rotatable bonds is 5. The quantitative estimate of drug-likeness (QED) is 0.341. The molecular weight excluding hydrogens is 507 g/mol. The molecular formula is C26H25F5N6O. The second kappa shape index (κ2) is 9.41. The van der Waals surface area contributed by atoms with E-state index in [-0.39, 0.29) is 28.8 Å². The van der Waals surface area contributed by atoms with Crippen molar-refractivity contribution in [2.45, 2.75) is 38.0 Å². The molecule has 1 aliphatic heterocycles. The highest BCUT2D eigenvalue weighted by Crippen LogP contribution is 2.41. The molecule has 4 aromatic rings. The zero-order valence-electron chi connectivity index (χ0n) is 20.8. The van der Waals surface area contributed by atoms with Gasteiger partial charge in [0.05, 0.1) is 10.9 Å². The highest BCUT2D eigenvalue weighted by Gasteiger charge is 2.38. The van der Waals surface area contributed by atoms with Crippen molar-refractivity contribution in [2.24, 2.45) is 7.05 Å². The Morgan fingerprint density at radius 2 is 1.84 bits per heavy atom. The number of fused-ring (bicyclic) bond motifs is 1.